The van der Waals surface area contributed by atoms with Crippen LogP contribution in [0.25, 0.3) is 5.57 Å². The largest absolute Gasteiger partial charge is 0.486 e. The topological polar surface area (TPSA) is 18.5 Å². The minimum Gasteiger partial charge on any atom is -0.486 e. The molecule has 1 aromatic carbocycles. The molecular formula is C16H15ClO2. The number of fused-ring (bicyclic) bond motifs is 1. The van der Waals surface area contributed by atoms with Gasteiger partial charge >= 0.3 is 0 Å². The molecule has 0 fully saturated rings. The van der Waals surface area contributed by atoms with Crippen LogP contribution in [-0.4, -0.2) is 18.1 Å². The SMILES string of the molecule is CC1COc2cccc(C3=CC(Cl)C=CC=C3)c2O1. The Balaban J connectivity index is 2.06. The summed E-state index contributed by atoms with van der Waals surface area (Å²) in [6.45, 7) is 2.59. The molecule has 0 spiro atoms. The van der Waals surface area contributed by atoms with E-state index in [0.29, 0.717) is 6.61 Å². The van der Waals surface area contributed by atoms with Crippen LogP contribution in [0.1, 0.15) is 12.5 Å². The molecule has 0 amide bonds. The molecule has 2 nitrogen and oxygen atoms in total. The third-order valence-corrected chi connectivity index (χ3v) is 3.37. The highest BCUT2D eigenvalue weighted by Crippen LogP contribution is 2.39. The van der Waals surface area contributed by atoms with Gasteiger partial charge in [-0.15, -0.1) is 11.6 Å². The van der Waals surface area contributed by atoms with Gasteiger partial charge in [-0.3, -0.25) is 0 Å². The first kappa shape index (κ1) is 12.4. The number of ether oxygens (including phenoxy) is 2. The maximum absolute atomic E-state index is 6.20. The second-order valence-electron chi connectivity index (χ2n) is 4.68. The minimum absolute atomic E-state index is 0.0638. The molecule has 0 N–H and O–H groups in total. The van der Waals surface area contributed by atoms with Crippen LogP contribution in [-0.2, 0) is 0 Å². The first-order valence-electron chi connectivity index (χ1n) is 6.37. The van der Waals surface area contributed by atoms with Gasteiger partial charge in [-0.2, -0.15) is 0 Å². The van der Waals surface area contributed by atoms with Crippen molar-refractivity contribution in [1.29, 1.82) is 0 Å². The van der Waals surface area contributed by atoms with Gasteiger partial charge < -0.3 is 9.47 Å². The standard InChI is InChI=1S/C16H15ClO2/c1-11-10-18-15-8-4-7-14(16(15)19-11)12-5-2-3-6-13(17)9-12/h2-9,11,13H,10H2,1H3. The lowest BCUT2D eigenvalue weighted by Crippen LogP contribution is -2.26. The lowest BCUT2D eigenvalue weighted by Gasteiger charge is -2.26. The van der Waals surface area contributed by atoms with Gasteiger partial charge in [0, 0.05) is 5.56 Å². The van der Waals surface area contributed by atoms with Crippen molar-refractivity contribution in [2.75, 3.05) is 6.61 Å². The van der Waals surface area contributed by atoms with Crippen molar-refractivity contribution in [3.8, 4) is 11.5 Å². The summed E-state index contributed by atoms with van der Waals surface area (Å²) in [5, 5.41) is -0.109. The summed E-state index contributed by atoms with van der Waals surface area (Å²) in [6, 6.07) is 5.94. The van der Waals surface area contributed by atoms with E-state index < -0.39 is 0 Å². The van der Waals surface area contributed by atoms with Gasteiger partial charge in [0.2, 0.25) is 0 Å². The van der Waals surface area contributed by atoms with Gasteiger partial charge in [-0.25, -0.2) is 0 Å². The zero-order valence-electron chi connectivity index (χ0n) is 10.7. The molecule has 0 radical (unpaired) electrons. The second-order valence-corrected chi connectivity index (χ2v) is 5.19. The van der Waals surface area contributed by atoms with Gasteiger partial charge in [0.25, 0.3) is 0 Å². The van der Waals surface area contributed by atoms with Crippen molar-refractivity contribution in [3.63, 3.8) is 0 Å². The molecule has 0 aromatic heterocycles. The Morgan fingerprint density at radius 3 is 3.05 bits per heavy atom. The number of rotatable bonds is 1. The highest BCUT2D eigenvalue weighted by atomic mass is 35.5. The Hall–Kier alpha value is -1.67. The van der Waals surface area contributed by atoms with Crippen LogP contribution in [0.15, 0.2) is 48.6 Å². The summed E-state index contributed by atoms with van der Waals surface area (Å²) in [5.41, 5.74) is 2.08. The first-order valence-corrected chi connectivity index (χ1v) is 6.81. The zero-order chi connectivity index (χ0) is 13.2. The molecule has 1 aliphatic carbocycles. The smallest absolute Gasteiger partial charge is 0.169 e. The molecule has 0 saturated carbocycles. The van der Waals surface area contributed by atoms with E-state index in [-0.39, 0.29) is 11.5 Å². The van der Waals surface area contributed by atoms with Gasteiger partial charge in [-0.05, 0) is 18.6 Å². The minimum atomic E-state index is -0.109. The van der Waals surface area contributed by atoms with Gasteiger partial charge in [0.05, 0.1) is 5.38 Å². The third-order valence-electron chi connectivity index (χ3n) is 3.10. The van der Waals surface area contributed by atoms with E-state index in [1.807, 2.05) is 55.5 Å². The van der Waals surface area contributed by atoms with Crippen LogP contribution >= 0.6 is 11.6 Å². The van der Waals surface area contributed by atoms with Crippen molar-refractivity contribution in [1.82, 2.24) is 0 Å². The van der Waals surface area contributed by atoms with Gasteiger partial charge in [0.1, 0.15) is 12.7 Å². The van der Waals surface area contributed by atoms with Crippen molar-refractivity contribution in [2.45, 2.75) is 18.4 Å². The molecule has 19 heavy (non-hydrogen) atoms. The van der Waals surface area contributed by atoms with E-state index in [1.165, 1.54) is 0 Å². The summed E-state index contributed by atoms with van der Waals surface area (Å²) < 4.78 is 11.6. The fourth-order valence-electron chi connectivity index (χ4n) is 2.21. The number of allylic oxidation sites excluding steroid dienone is 6. The average Bonchev–Trinajstić information content (AvgIpc) is 2.62. The van der Waals surface area contributed by atoms with Crippen LogP contribution < -0.4 is 9.47 Å². The monoisotopic (exact) mass is 274 g/mol. The second kappa shape index (κ2) is 5.14. The molecule has 0 bridgehead atoms. The van der Waals surface area contributed by atoms with Gasteiger partial charge in [0.15, 0.2) is 11.5 Å². The van der Waals surface area contributed by atoms with Crippen molar-refractivity contribution >= 4 is 17.2 Å². The summed E-state index contributed by atoms with van der Waals surface area (Å²) in [6.07, 6.45) is 10.0. The highest BCUT2D eigenvalue weighted by Gasteiger charge is 2.21. The Kier molecular flexibility index (Phi) is 3.34. The molecule has 1 aliphatic heterocycles. The Bertz CT molecular complexity index is 572. The summed E-state index contributed by atoms with van der Waals surface area (Å²) in [4.78, 5) is 0. The number of hydrogen-bond donors (Lipinski definition) is 0. The molecule has 3 heteroatoms. The van der Waals surface area contributed by atoms with Crippen LogP contribution in [0.5, 0.6) is 11.5 Å². The Labute approximate surface area is 118 Å². The average molecular weight is 275 g/mol. The van der Waals surface area contributed by atoms with E-state index in [1.54, 1.807) is 0 Å². The summed E-state index contributed by atoms with van der Waals surface area (Å²) in [7, 11) is 0. The maximum Gasteiger partial charge on any atom is 0.169 e. The molecule has 2 atom stereocenters. The Morgan fingerprint density at radius 1 is 1.26 bits per heavy atom. The number of alkyl halides is 1. The molecule has 2 unspecified atom stereocenters. The highest BCUT2D eigenvalue weighted by molar-refractivity contribution is 6.23. The van der Waals surface area contributed by atoms with Crippen LogP contribution in [0.4, 0.5) is 0 Å². The van der Waals surface area contributed by atoms with Gasteiger partial charge in [-0.1, -0.05) is 42.5 Å². The van der Waals surface area contributed by atoms with E-state index in [2.05, 4.69) is 0 Å². The van der Waals surface area contributed by atoms with E-state index in [0.717, 1.165) is 22.6 Å². The Morgan fingerprint density at radius 2 is 2.16 bits per heavy atom. The molecule has 1 aromatic rings. The van der Waals surface area contributed by atoms with E-state index >= 15 is 0 Å². The summed E-state index contributed by atoms with van der Waals surface area (Å²) >= 11 is 6.20. The molecule has 3 rings (SSSR count). The van der Waals surface area contributed by atoms with Crippen molar-refractivity contribution in [3.05, 3.63) is 54.1 Å². The lowest BCUT2D eigenvalue weighted by atomic mass is 10.0. The molecular weight excluding hydrogens is 260 g/mol. The molecule has 2 aliphatic rings. The predicted molar refractivity (Wildman–Crippen MR) is 77.9 cm³/mol. The number of benzene rings is 1. The van der Waals surface area contributed by atoms with Crippen molar-refractivity contribution < 1.29 is 9.47 Å². The molecule has 98 valence electrons. The fourth-order valence-corrected chi connectivity index (χ4v) is 2.43. The normalized spacial score (nSPS) is 24.8. The third kappa shape index (κ3) is 2.54. The lowest BCUT2D eigenvalue weighted by molar-refractivity contribution is 0.104. The first-order chi connectivity index (χ1) is 9.24. The van der Waals surface area contributed by atoms with E-state index in [4.69, 9.17) is 21.1 Å². The summed E-state index contributed by atoms with van der Waals surface area (Å²) in [5.74, 6) is 1.61. The van der Waals surface area contributed by atoms with E-state index in [9.17, 15) is 0 Å². The quantitative estimate of drug-likeness (QED) is 0.722. The number of halogens is 1. The number of hydrogen-bond acceptors (Lipinski definition) is 2. The maximum atomic E-state index is 6.20. The predicted octanol–water partition coefficient (Wildman–Crippen LogP) is 3.96. The molecule has 0 saturated heterocycles. The number of para-hydroxylation sites is 1. The van der Waals surface area contributed by atoms with Crippen LogP contribution in [0.2, 0.25) is 0 Å². The van der Waals surface area contributed by atoms with Crippen molar-refractivity contribution in [2.24, 2.45) is 0 Å². The zero-order valence-corrected chi connectivity index (χ0v) is 11.4. The van der Waals surface area contributed by atoms with Crippen LogP contribution in [0, 0.1) is 0 Å². The molecule has 1 heterocycles. The van der Waals surface area contributed by atoms with Crippen LogP contribution in [0.3, 0.4) is 0 Å². The fraction of sp³-hybridized carbons (Fsp3) is 0.250.